The van der Waals surface area contributed by atoms with Crippen molar-refractivity contribution in [3.63, 3.8) is 0 Å². The summed E-state index contributed by atoms with van der Waals surface area (Å²) in [5.41, 5.74) is 1.85. The van der Waals surface area contributed by atoms with Gasteiger partial charge in [0.15, 0.2) is 0 Å². The molecule has 0 aliphatic carbocycles. The Labute approximate surface area is 95.5 Å². The van der Waals surface area contributed by atoms with Crippen molar-refractivity contribution in [2.24, 2.45) is 0 Å². The Kier molecular flexibility index (Phi) is 4.22. The second-order valence-electron chi connectivity index (χ2n) is 3.70. The van der Waals surface area contributed by atoms with Crippen LogP contribution in [-0.4, -0.2) is 36.6 Å². The molecule has 5 nitrogen and oxygen atoms in total. The zero-order valence-corrected chi connectivity index (χ0v) is 10.1. The highest BCUT2D eigenvalue weighted by atomic mass is 16.5. The van der Waals surface area contributed by atoms with E-state index >= 15 is 0 Å². The molecule has 0 amide bonds. The van der Waals surface area contributed by atoms with Crippen LogP contribution in [0.2, 0.25) is 0 Å². The number of ether oxygens (including phenoxy) is 1. The van der Waals surface area contributed by atoms with E-state index in [1.807, 2.05) is 31.9 Å². The summed E-state index contributed by atoms with van der Waals surface area (Å²) < 4.78 is 4.58. The van der Waals surface area contributed by atoms with Crippen LogP contribution in [0.4, 0.5) is 5.95 Å². The zero-order chi connectivity index (χ0) is 12.1. The van der Waals surface area contributed by atoms with Crippen LogP contribution in [0.1, 0.15) is 17.8 Å². The number of nitrogens with zero attached hydrogens (tertiary/aromatic N) is 3. The molecule has 88 valence electrons. The third kappa shape index (κ3) is 3.49. The summed E-state index contributed by atoms with van der Waals surface area (Å²) in [6.07, 6.45) is 0.337. The van der Waals surface area contributed by atoms with Gasteiger partial charge in [-0.05, 0) is 19.9 Å². The molecule has 0 N–H and O–H groups in total. The number of aryl methyl sites for hydroxylation is 2. The van der Waals surface area contributed by atoms with Crippen LogP contribution in [0.15, 0.2) is 6.07 Å². The molecule has 0 bridgehead atoms. The molecule has 0 spiro atoms. The van der Waals surface area contributed by atoms with Crippen LogP contribution in [-0.2, 0) is 9.53 Å². The van der Waals surface area contributed by atoms with E-state index < -0.39 is 0 Å². The van der Waals surface area contributed by atoms with Gasteiger partial charge in [0.1, 0.15) is 0 Å². The summed E-state index contributed by atoms with van der Waals surface area (Å²) in [7, 11) is 3.24. The van der Waals surface area contributed by atoms with Gasteiger partial charge in [-0.2, -0.15) is 0 Å². The normalized spacial score (nSPS) is 10.0. The third-order valence-electron chi connectivity index (χ3n) is 2.19. The highest BCUT2D eigenvalue weighted by molar-refractivity contribution is 5.69. The molecule has 0 aliphatic heterocycles. The van der Waals surface area contributed by atoms with Gasteiger partial charge in [-0.3, -0.25) is 4.79 Å². The van der Waals surface area contributed by atoms with Gasteiger partial charge in [0.25, 0.3) is 0 Å². The van der Waals surface area contributed by atoms with Gasteiger partial charge < -0.3 is 9.64 Å². The summed E-state index contributed by atoms with van der Waals surface area (Å²) >= 11 is 0. The fourth-order valence-electron chi connectivity index (χ4n) is 1.34. The number of esters is 1. The highest BCUT2D eigenvalue weighted by Gasteiger charge is 2.08. The Bertz CT molecular complexity index is 359. The van der Waals surface area contributed by atoms with E-state index in [2.05, 4.69) is 14.7 Å². The first-order chi connectivity index (χ1) is 7.52. The van der Waals surface area contributed by atoms with Crippen molar-refractivity contribution in [1.29, 1.82) is 0 Å². The van der Waals surface area contributed by atoms with Crippen molar-refractivity contribution in [2.75, 3.05) is 25.6 Å². The van der Waals surface area contributed by atoms with Crippen molar-refractivity contribution in [1.82, 2.24) is 9.97 Å². The third-order valence-corrected chi connectivity index (χ3v) is 2.19. The van der Waals surface area contributed by atoms with Crippen LogP contribution in [0, 0.1) is 13.8 Å². The van der Waals surface area contributed by atoms with Crippen molar-refractivity contribution >= 4 is 11.9 Å². The van der Waals surface area contributed by atoms with E-state index in [-0.39, 0.29) is 5.97 Å². The van der Waals surface area contributed by atoms with Crippen molar-refractivity contribution in [3.05, 3.63) is 17.5 Å². The second kappa shape index (κ2) is 5.44. The highest BCUT2D eigenvalue weighted by Crippen LogP contribution is 2.08. The number of hydrogen-bond donors (Lipinski definition) is 0. The molecule has 0 unspecified atom stereocenters. The fraction of sp³-hybridized carbons (Fsp3) is 0.545. The van der Waals surface area contributed by atoms with Crippen LogP contribution in [0.3, 0.4) is 0 Å². The minimum Gasteiger partial charge on any atom is -0.469 e. The van der Waals surface area contributed by atoms with Gasteiger partial charge in [-0.25, -0.2) is 9.97 Å². The number of rotatable bonds is 4. The molecular formula is C11H17N3O2. The largest absolute Gasteiger partial charge is 0.469 e. The lowest BCUT2D eigenvalue weighted by Crippen LogP contribution is -2.24. The number of aromatic nitrogens is 2. The lowest BCUT2D eigenvalue weighted by atomic mass is 10.3. The topological polar surface area (TPSA) is 55.3 Å². The Morgan fingerprint density at radius 1 is 1.38 bits per heavy atom. The first-order valence-corrected chi connectivity index (χ1v) is 5.13. The Morgan fingerprint density at radius 3 is 2.44 bits per heavy atom. The standard InChI is InChI=1S/C11H17N3O2/c1-8-7-9(2)13-11(12-8)14(3)6-5-10(15)16-4/h7H,5-6H2,1-4H3. The summed E-state index contributed by atoms with van der Waals surface area (Å²) in [6, 6.07) is 1.91. The Balaban J connectivity index is 2.65. The molecule has 0 saturated heterocycles. The number of methoxy groups -OCH3 is 1. The maximum Gasteiger partial charge on any atom is 0.307 e. The van der Waals surface area contributed by atoms with E-state index in [1.54, 1.807) is 0 Å². The molecule has 16 heavy (non-hydrogen) atoms. The molecule has 0 saturated carbocycles. The maximum absolute atomic E-state index is 11.0. The maximum atomic E-state index is 11.0. The average molecular weight is 223 g/mol. The van der Waals surface area contributed by atoms with E-state index in [4.69, 9.17) is 0 Å². The van der Waals surface area contributed by atoms with Gasteiger partial charge in [-0.1, -0.05) is 0 Å². The van der Waals surface area contributed by atoms with Gasteiger partial charge in [0, 0.05) is 25.0 Å². The molecule has 5 heteroatoms. The molecule has 1 aromatic heterocycles. The molecule has 1 heterocycles. The van der Waals surface area contributed by atoms with Gasteiger partial charge in [0.05, 0.1) is 13.5 Å². The number of carbonyl (C=O) groups excluding carboxylic acids is 1. The summed E-state index contributed by atoms with van der Waals surface area (Å²) in [4.78, 5) is 21.4. The molecule has 0 atom stereocenters. The number of carbonyl (C=O) groups is 1. The SMILES string of the molecule is COC(=O)CCN(C)c1nc(C)cc(C)n1. The van der Waals surface area contributed by atoms with Crippen LogP contribution in [0.5, 0.6) is 0 Å². The Morgan fingerprint density at radius 2 is 1.94 bits per heavy atom. The molecule has 0 radical (unpaired) electrons. The van der Waals surface area contributed by atoms with E-state index in [0.29, 0.717) is 18.9 Å². The molecular weight excluding hydrogens is 206 g/mol. The van der Waals surface area contributed by atoms with Crippen molar-refractivity contribution < 1.29 is 9.53 Å². The smallest absolute Gasteiger partial charge is 0.307 e. The first kappa shape index (κ1) is 12.4. The van der Waals surface area contributed by atoms with Gasteiger partial charge in [0.2, 0.25) is 5.95 Å². The zero-order valence-electron chi connectivity index (χ0n) is 10.1. The average Bonchev–Trinajstić information content (AvgIpc) is 2.23. The van der Waals surface area contributed by atoms with E-state index in [0.717, 1.165) is 11.4 Å². The predicted octanol–water partition coefficient (Wildman–Crippen LogP) is 1.09. The minimum absolute atomic E-state index is 0.226. The second-order valence-corrected chi connectivity index (χ2v) is 3.70. The quantitative estimate of drug-likeness (QED) is 0.715. The summed E-state index contributed by atoms with van der Waals surface area (Å²) in [5, 5.41) is 0. The molecule has 0 aliphatic rings. The lowest BCUT2D eigenvalue weighted by molar-refractivity contribution is -0.140. The number of hydrogen-bond acceptors (Lipinski definition) is 5. The lowest BCUT2D eigenvalue weighted by Gasteiger charge is -2.16. The molecule has 0 fully saturated rings. The predicted molar refractivity (Wildman–Crippen MR) is 61.4 cm³/mol. The van der Waals surface area contributed by atoms with Crippen LogP contribution in [0.25, 0.3) is 0 Å². The van der Waals surface area contributed by atoms with Crippen LogP contribution >= 0.6 is 0 Å². The monoisotopic (exact) mass is 223 g/mol. The molecule has 1 rings (SSSR count). The van der Waals surface area contributed by atoms with E-state index in [1.165, 1.54) is 7.11 Å². The molecule has 1 aromatic rings. The van der Waals surface area contributed by atoms with Crippen molar-refractivity contribution in [3.8, 4) is 0 Å². The Hall–Kier alpha value is -1.65. The summed E-state index contributed by atoms with van der Waals surface area (Å²) in [5.74, 6) is 0.414. The molecule has 0 aromatic carbocycles. The van der Waals surface area contributed by atoms with Crippen LogP contribution < -0.4 is 4.90 Å². The van der Waals surface area contributed by atoms with Gasteiger partial charge >= 0.3 is 5.97 Å². The number of anilines is 1. The minimum atomic E-state index is -0.226. The summed E-state index contributed by atoms with van der Waals surface area (Å²) in [6.45, 7) is 4.40. The van der Waals surface area contributed by atoms with Crippen molar-refractivity contribution in [2.45, 2.75) is 20.3 Å². The first-order valence-electron chi connectivity index (χ1n) is 5.13. The van der Waals surface area contributed by atoms with E-state index in [9.17, 15) is 4.79 Å². The fourth-order valence-corrected chi connectivity index (χ4v) is 1.34. The van der Waals surface area contributed by atoms with Gasteiger partial charge in [-0.15, -0.1) is 0 Å².